The van der Waals surface area contributed by atoms with Crippen molar-refractivity contribution in [2.24, 2.45) is 0 Å². The fraction of sp³-hybridized carbons (Fsp3) is 0.160. The second kappa shape index (κ2) is 11.0. The number of nitriles is 1. The number of hydrogen-bond acceptors (Lipinski definition) is 5. The van der Waals surface area contributed by atoms with Crippen molar-refractivity contribution < 1.29 is 14.3 Å². The Hall–Kier alpha value is -3.56. The lowest BCUT2D eigenvalue weighted by Gasteiger charge is -2.13. The monoisotopic (exact) mass is 430 g/mol. The molecular weight excluding hydrogens is 408 g/mol. The number of benzene rings is 3. The van der Waals surface area contributed by atoms with Crippen LogP contribution >= 0.6 is 11.8 Å². The summed E-state index contributed by atoms with van der Waals surface area (Å²) < 4.78 is 5.30. The van der Waals surface area contributed by atoms with E-state index < -0.39 is 5.97 Å². The molecule has 31 heavy (non-hydrogen) atoms. The van der Waals surface area contributed by atoms with Gasteiger partial charge in [0.05, 0.1) is 29.0 Å². The predicted molar refractivity (Wildman–Crippen MR) is 121 cm³/mol. The minimum absolute atomic E-state index is 0.312. The maximum Gasteiger partial charge on any atom is 0.340 e. The number of esters is 1. The van der Waals surface area contributed by atoms with E-state index >= 15 is 0 Å². The van der Waals surface area contributed by atoms with Crippen molar-refractivity contribution in [1.29, 1.82) is 5.26 Å². The summed E-state index contributed by atoms with van der Waals surface area (Å²) in [6.45, 7) is 2.36. The highest BCUT2D eigenvalue weighted by Gasteiger charge is 2.18. The summed E-state index contributed by atoms with van der Waals surface area (Å²) in [4.78, 5) is 27.0. The topological polar surface area (TPSA) is 79.2 Å². The molecule has 3 rings (SSSR count). The molecule has 1 N–H and O–H groups in total. The summed E-state index contributed by atoms with van der Waals surface area (Å²) >= 11 is 1.35. The second-order valence-electron chi connectivity index (χ2n) is 6.70. The van der Waals surface area contributed by atoms with Gasteiger partial charge < -0.3 is 10.1 Å². The first-order valence-corrected chi connectivity index (χ1v) is 10.8. The Kier molecular flexibility index (Phi) is 7.85. The Morgan fingerprint density at radius 2 is 1.58 bits per heavy atom. The summed E-state index contributed by atoms with van der Waals surface area (Å²) in [5.74, 6) is -0.804. The SMILES string of the molecule is CCCCOC(=O)c1ccccc1NC(=O)c1ccccc1Sc1ccccc1C#N. The second-order valence-corrected chi connectivity index (χ2v) is 7.78. The van der Waals surface area contributed by atoms with Gasteiger partial charge in [-0.2, -0.15) is 5.26 Å². The molecule has 0 atom stereocenters. The third kappa shape index (κ3) is 5.74. The maximum absolute atomic E-state index is 13.1. The zero-order valence-electron chi connectivity index (χ0n) is 17.1. The lowest BCUT2D eigenvalue weighted by Crippen LogP contribution is -2.16. The predicted octanol–water partition coefficient (Wildman–Crippen LogP) is 5.92. The van der Waals surface area contributed by atoms with Gasteiger partial charge in [0.25, 0.3) is 5.91 Å². The van der Waals surface area contributed by atoms with E-state index in [1.54, 1.807) is 48.5 Å². The molecule has 0 aliphatic heterocycles. The quantitative estimate of drug-likeness (QED) is 0.354. The number of unbranched alkanes of at least 4 members (excludes halogenated alkanes) is 1. The number of anilines is 1. The van der Waals surface area contributed by atoms with Crippen molar-refractivity contribution in [3.8, 4) is 6.07 Å². The smallest absolute Gasteiger partial charge is 0.340 e. The van der Waals surface area contributed by atoms with E-state index in [1.165, 1.54) is 11.8 Å². The van der Waals surface area contributed by atoms with Crippen LogP contribution in [0.2, 0.25) is 0 Å². The Morgan fingerprint density at radius 1 is 0.935 bits per heavy atom. The van der Waals surface area contributed by atoms with E-state index in [4.69, 9.17) is 4.74 Å². The zero-order chi connectivity index (χ0) is 22.1. The average molecular weight is 431 g/mol. The molecule has 0 spiro atoms. The van der Waals surface area contributed by atoms with Gasteiger partial charge in [-0.1, -0.05) is 61.5 Å². The van der Waals surface area contributed by atoms with Crippen molar-refractivity contribution in [2.45, 2.75) is 29.6 Å². The minimum Gasteiger partial charge on any atom is -0.462 e. The van der Waals surface area contributed by atoms with Gasteiger partial charge in [0.15, 0.2) is 0 Å². The van der Waals surface area contributed by atoms with Gasteiger partial charge in [0, 0.05) is 9.79 Å². The number of nitrogens with one attached hydrogen (secondary N) is 1. The normalized spacial score (nSPS) is 10.2. The van der Waals surface area contributed by atoms with Gasteiger partial charge in [-0.25, -0.2) is 4.79 Å². The number of ether oxygens (including phenoxy) is 1. The Bertz CT molecular complexity index is 1120. The fourth-order valence-corrected chi connectivity index (χ4v) is 3.88. The van der Waals surface area contributed by atoms with E-state index in [9.17, 15) is 14.9 Å². The van der Waals surface area contributed by atoms with E-state index in [2.05, 4.69) is 11.4 Å². The zero-order valence-corrected chi connectivity index (χ0v) is 17.9. The van der Waals surface area contributed by atoms with Crippen molar-refractivity contribution in [2.75, 3.05) is 11.9 Å². The molecule has 3 aromatic carbocycles. The van der Waals surface area contributed by atoms with Crippen LogP contribution in [0.15, 0.2) is 82.6 Å². The summed E-state index contributed by atoms with van der Waals surface area (Å²) in [6.07, 6.45) is 1.71. The molecule has 5 nitrogen and oxygen atoms in total. The lowest BCUT2D eigenvalue weighted by molar-refractivity contribution is 0.0501. The van der Waals surface area contributed by atoms with Crippen molar-refractivity contribution in [3.63, 3.8) is 0 Å². The molecule has 0 aromatic heterocycles. The maximum atomic E-state index is 13.1. The number of para-hydroxylation sites is 1. The van der Waals surface area contributed by atoms with Crippen LogP contribution in [0.5, 0.6) is 0 Å². The Labute approximate surface area is 186 Å². The summed E-state index contributed by atoms with van der Waals surface area (Å²) in [6, 6.07) is 23.4. The Morgan fingerprint density at radius 3 is 2.32 bits per heavy atom. The van der Waals surface area contributed by atoms with Crippen LogP contribution in [0, 0.1) is 11.3 Å². The number of rotatable bonds is 8. The molecule has 0 heterocycles. The molecule has 0 unspecified atom stereocenters. The highest BCUT2D eigenvalue weighted by atomic mass is 32.2. The van der Waals surface area contributed by atoms with Gasteiger partial charge in [-0.3, -0.25) is 4.79 Å². The van der Waals surface area contributed by atoms with Crippen LogP contribution in [0.4, 0.5) is 5.69 Å². The van der Waals surface area contributed by atoms with Gasteiger partial charge in [0.1, 0.15) is 6.07 Å². The third-order valence-electron chi connectivity index (χ3n) is 4.49. The molecular formula is C25H22N2O3S. The minimum atomic E-state index is -0.463. The molecule has 0 aliphatic rings. The fourth-order valence-electron chi connectivity index (χ4n) is 2.86. The molecule has 156 valence electrons. The molecule has 0 saturated carbocycles. The number of carbonyl (C=O) groups excluding carboxylic acids is 2. The summed E-state index contributed by atoms with van der Waals surface area (Å²) in [7, 11) is 0. The third-order valence-corrected chi connectivity index (χ3v) is 5.64. The summed E-state index contributed by atoms with van der Waals surface area (Å²) in [5, 5.41) is 12.2. The number of amides is 1. The van der Waals surface area contributed by atoms with Crippen LogP contribution in [-0.2, 0) is 4.74 Å². The summed E-state index contributed by atoms with van der Waals surface area (Å²) in [5.41, 5.74) is 1.70. The largest absolute Gasteiger partial charge is 0.462 e. The van der Waals surface area contributed by atoms with E-state index in [0.29, 0.717) is 33.9 Å². The molecule has 0 bridgehead atoms. The first-order valence-electron chi connectivity index (χ1n) is 9.97. The van der Waals surface area contributed by atoms with Crippen LogP contribution < -0.4 is 5.32 Å². The van der Waals surface area contributed by atoms with Crippen LogP contribution in [-0.4, -0.2) is 18.5 Å². The van der Waals surface area contributed by atoms with Crippen LogP contribution in [0.3, 0.4) is 0 Å². The van der Waals surface area contributed by atoms with Crippen molar-refractivity contribution in [1.82, 2.24) is 0 Å². The van der Waals surface area contributed by atoms with Crippen LogP contribution in [0.25, 0.3) is 0 Å². The highest BCUT2D eigenvalue weighted by Crippen LogP contribution is 2.33. The number of hydrogen-bond donors (Lipinski definition) is 1. The molecule has 0 radical (unpaired) electrons. The molecule has 3 aromatic rings. The van der Waals surface area contributed by atoms with E-state index in [0.717, 1.165) is 17.7 Å². The van der Waals surface area contributed by atoms with E-state index in [1.807, 2.05) is 31.2 Å². The molecule has 6 heteroatoms. The molecule has 1 amide bonds. The van der Waals surface area contributed by atoms with Crippen LogP contribution in [0.1, 0.15) is 46.0 Å². The number of nitrogens with zero attached hydrogens (tertiary/aromatic N) is 1. The first-order chi connectivity index (χ1) is 15.1. The molecule has 0 saturated heterocycles. The van der Waals surface area contributed by atoms with Gasteiger partial charge in [-0.15, -0.1) is 0 Å². The first kappa shape index (κ1) is 22.1. The molecule has 0 fully saturated rings. The standard InChI is InChI=1S/C25H22N2O3S/c1-2-3-16-30-25(29)19-11-5-7-13-21(19)27-24(28)20-12-6-9-15-23(20)31-22-14-8-4-10-18(22)17-26/h4-15H,2-3,16H2,1H3,(H,27,28). The molecule has 0 aliphatic carbocycles. The number of carbonyl (C=O) groups is 2. The highest BCUT2D eigenvalue weighted by molar-refractivity contribution is 7.99. The average Bonchev–Trinajstić information content (AvgIpc) is 2.80. The lowest BCUT2D eigenvalue weighted by atomic mass is 10.1. The van der Waals surface area contributed by atoms with Crippen molar-refractivity contribution in [3.05, 3.63) is 89.5 Å². The van der Waals surface area contributed by atoms with Gasteiger partial charge in [0.2, 0.25) is 0 Å². The van der Waals surface area contributed by atoms with Gasteiger partial charge in [-0.05, 0) is 42.8 Å². The van der Waals surface area contributed by atoms with Gasteiger partial charge >= 0.3 is 5.97 Å². The van der Waals surface area contributed by atoms with Crippen molar-refractivity contribution >= 4 is 29.3 Å². The van der Waals surface area contributed by atoms with E-state index in [-0.39, 0.29) is 5.91 Å². The Balaban J connectivity index is 1.83.